The standard InChI is InChI=1S/C16H27ClNO2S/c1-8-18(6,21(19)16(3,4)5)12(2)13-9-14(17)11-15(10-13)20-7/h9-12H,8H2,1-7H3/q+1/t12-,18?,21?/m1/s1. The molecule has 1 aromatic carbocycles. The number of methoxy groups -OCH3 is 1. The zero-order chi connectivity index (χ0) is 16.4. The first-order valence-corrected chi connectivity index (χ1v) is 8.67. The van der Waals surface area contributed by atoms with Crippen molar-refractivity contribution in [2.24, 2.45) is 0 Å². The summed E-state index contributed by atoms with van der Waals surface area (Å²) >= 11 is 6.17. The lowest BCUT2D eigenvalue weighted by Gasteiger charge is -2.40. The molecule has 0 amide bonds. The molecule has 0 aliphatic rings. The molecule has 0 saturated heterocycles. The molecular weight excluding hydrogens is 306 g/mol. The van der Waals surface area contributed by atoms with Gasteiger partial charge in [-0.15, -0.1) is 0 Å². The summed E-state index contributed by atoms with van der Waals surface area (Å²) in [4.78, 5) is 0. The maximum atomic E-state index is 13.0. The average molecular weight is 333 g/mol. The Morgan fingerprint density at radius 1 is 1.33 bits per heavy atom. The predicted molar refractivity (Wildman–Crippen MR) is 91.0 cm³/mol. The van der Waals surface area contributed by atoms with Gasteiger partial charge < -0.3 is 4.74 Å². The van der Waals surface area contributed by atoms with Crippen LogP contribution in [0.4, 0.5) is 0 Å². The first-order valence-electron chi connectivity index (χ1n) is 7.18. The van der Waals surface area contributed by atoms with Crippen molar-refractivity contribution < 1.29 is 12.8 Å². The van der Waals surface area contributed by atoms with Gasteiger partial charge in [0.05, 0.1) is 25.4 Å². The molecule has 3 nitrogen and oxygen atoms in total. The van der Waals surface area contributed by atoms with Crippen molar-refractivity contribution >= 4 is 22.6 Å². The van der Waals surface area contributed by atoms with Crippen molar-refractivity contribution in [3.8, 4) is 5.75 Å². The summed E-state index contributed by atoms with van der Waals surface area (Å²) < 4.78 is 18.5. The van der Waals surface area contributed by atoms with Crippen LogP contribution in [-0.2, 0) is 11.0 Å². The van der Waals surface area contributed by atoms with E-state index in [0.29, 0.717) is 8.91 Å². The van der Waals surface area contributed by atoms with Gasteiger partial charge in [-0.2, -0.15) is 4.21 Å². The van der Waals surface area contributed by atoms with Crippen LogP contribution in [0.1, 0.15) is 46.2 Å². The van der Waals surface area contributed by atoms with E-state index in [0.717, 1.165) is 17.9 Å². The van der Waals surface area contributed by atoms with Crippen molar-refractivity contribution in [2.75, 3.05) is 20.7 Å². The van der Waals surface area contributed by atoms with Gasteiger partial charge in [0, 0.05) is 10.6 Å². The number of benzene rings is 1. The third-order valence-corrected chi connectivity index (χ3v) is 6.56. The van der Waals surface area contributed by atoms with Crippen LogP contribution in [0.3, 0.4) is 0 Å². The summed E-state index contributed by atoms with van der Waals surface area (Å²) in [5, 5.41) is 0.639. The van der Waals surface area contributed by atoms with Crippen molar-refractivity contribution in [1.82, 2.24) is 0 Å². The highest BCUT2D eigenvalue weighted by atomic mass is 35.5. The molecule has 3 atom stereocenters. The Kier molecular flexibility index (Phi) is 5.87. The average Bonchev–Trinajstić information content (AvgIpc) is 2.43. The molecule has 0 N–H and O–H groups in total. The SMILES string of the molecule is CC[N+](C)([C@H](C)c1cc(Cl)cc(OC)c1)S(=O)C(C)(C)C. The first-order chi connectivity index (χ1) is 9.56. The van der Waals surface area contributed by atoms with Crippen LogP contribution in [0.25, 0.3) is 0 Å². The number of nitrogens with zero attached hydrogens (tertiary/aromatic N) is 1. The van der Waals surface area contributed by atoms with E-state index >= 15 is 0 Å². The van der Waals surface area contributed by atoms with E-state index in [2.05, 4.69) is 13.8 Å². The topological polar surface area (TPSA) is 26.3 Å². The van der Waals surface area contributed by atoms with Gasteiger partial charge in [-0.25, -0.2) is 3.89 Å². The van der Waals surface area contributed by atoms with Crippen LogP contribution >= 0.6 is 11.6 Å². The van der Waals surface area contributed by atoms with Gasteiger partial charge in [-0.3, -0.25) is 0 Å². The highest BCUT2D eigenvalue weighted by molar-refractivity contribution is 7.80. The molecule has 0 bridgehead atoms. The first kappa shape index (κ1) is 18.5. The second kappa shape index (κ2) is 6.67. The molecule has 21 heavy (non-hydrogen) atoms. The van der Waals surface area contributed by atoms with Crippen LogP contribution in [0, 0.1) is 0 Å². The van der Waals surface area contributed by atoms with E-state index in [1.165, 1.54) is 0 Å². The molecule has 0 saturated carbocycles. The molecule has 0 fully saturated rings. The van der Waals surface area contributed by atoms with Crippen molar-refractivity contribution in [2.45, 2.75) is 45.4 Å². The molecule has 0 aliphatic heterocycles. The number of halogens is 1. The Hall–Kier alpha value is -0.580. The fourth-order valence-corrected chi connectivity index (χ4v) is 4.55. The lowest BCUT2D eigenvalue weighted by molar-refractivity contribution is -0.811. The maximum absolute atomic E-state index is 13.0. The third kappa shape index (κ3) is 3.99. The lowest BCUT2D eigenvalue weighted by Crippen LogP contribution is -2.52. The summed E-state index contributed by atoms with van der Waals surface area (Å²) in [5.74, 6) is 0.730. The number of hydrogen-bond acceptors (Lipinski definition) is 2. The minimum atomic E-state index is -1.03. The molecule has 1 aromatic rings. The summed E-state index contributed by atoms with van der Waals surface area (Å²) in [6, 6.07) is 5.75. The normalized spacial score (nSPS) is 17.9. The Bertz CT molecular complexity index is 527. The van der Waals surface area contributed by atoms with Crippen LogP contribution < -0.4 is 4.74 Å². The second-order valence-electron chi connectivity index (χ2n) is 6.45. The van der Waals surface area contributed by atoms with E-state index < -0.39 is 11.0 Å². The van der Waals surface area contributed by atoms with Crippen molar-refractivity contribution in [3.63, 3.8) is 0 Å². The van der Waals surface area contributed by atoms with Gasteiger partial charge in [0.2, 0.25) is 11.0 Å². The highest BCUT2D eigenvalue weighted by Gasteiger charge is 2.42. The van der Waals surface area contributed by atoms with Crippen LogP contribution in [0.2, 0.25) is 5.02 Å². The summed E-state index contributed by atoms with van der Waals surface area (Å²) in [6.45, 7) is 11.0. The van der Waals surface area contributed by atoms with E-state index in [4.69, 9.17) is 16.3 Å². The Morgan fingerprint density at radius 2 is 1.90 bits per heavy atom. The molecule has 5 heteroatoms. The molecule has 2 unspecified atom stereocenters. The van der Waals surface area contributed by atoms with E-state index in [9.17, 15) is 4.21 Å². The summed E-state index contributed by atoms with van der Waals surface area (Å²) in [6.07, 6.45) is 0. The number of ether oxygens (including phenoxy) is 1. The Morgan fingerprint density at radius 3 is 2.33 bits per heavy atom. The quantitative estimate of drug-likeness (QED) is 0.750. The van der Waals surface area contributed by atoms with Gasteiger partial charge in [0.1, 0.15) is 11.8 Å². The van der Waals surface area contributed by atoms with Gasteiger partial charge in [-0.1, -0.05) is 11.6 Å². The predicted octanol–water partition coefficient (Wildman–Crippen LogP) is 4.34. The molecule has 1 rings (SSSR count). The molecule has 0 spiro atoms. The minimum Gasteiger partial charge on any atom is -0.497 e. The van der Waals surface area contributed by atoms with E-state index in [1.54, 1.807) is 13.2 Å². The van der Waals surface area contributed by atoms with E-state index in [-0.39, 0.29) is 10.8 Å². The fraction of sp³-hybridized carbons (Fsp3) is 0.625. The van der Waals surface area contributed by atoms with Gasteiger partial charge in [0.15, 0.2) is 0 Å². The number of rotatable bonds is 5. The maximum Gasteiger partial charge on any atom is 0.212 e. The smallest absolute Gasteiger partial charge is 0.212 e. The summed E-state index contributed by atoms with van der Waals surface area (Å²) in [5.41, 5.74) is 1.04. The molecule has 120 valence electrons. The monoisotopic (exact) mass is 332 g/mol. The van der Waals surface area contributed by atoms with Crippen molar-refractivity contribution in [1.29, 1.82) is 0 Å². The van der Waals surface area contributed by atoms with Gasteiger partial charge in [-0.05, 0) is 52.8 Å². The second-order valence-corrected chi connectivity index (χ2v) is 9.45. The largest absolute Gasteiger partial charge is 0.497 e. The molecular formula is C16H27ClNO2S+. The fourth-order valence-electron chi connectivity index (χ4n) is 2.42. The molecule has 0 aliphatic carbocycles. The number of quaternary nitrogens is 1. The summed E-state index contributed by atoms with van der Waals surface area (Å²) in [7, 11) is 2.63. The van der Waals surface area contributed by atoms with Gasteiger partial charge in [0.25, 0.3) is 0 Å². The van der Waals surface area contributed by atoms with Crippen LogP contribution in [0.5, 0.6) is 5.75 Å². The Balaban J connectivity index is 3.29. The molecule has 0 heterocycles. The third-order valence-electron chi connectivity index (χ3n) is 3.96. The zero-order valence-electron chi connectivity index (χ0n) is 14.1. The highest BCUT2D eigenvalue weighted by Crippen LogP contribution is 2.35. The van der Waals surface area contributed by atoms with Crippen LogP contribution in [-0.4, -0.2) is 33.5 Å². The Labute approximate surface area is 136 Å². The molecule has 0 aromatic heterocycles. The minimum absolute atomic E-state index is 0.0580. The van der Waals surface area contributed by atoms with Gasteiger partial charge >= 0.3 is 0 Å². The molecule has 0 radical (unpaired) electrons. The zero-order valence-corrected chi connectivity index (χ0v) is 15.6. The number of hydrogen-bond donors (Lipinski definition) is 0. The lowest BCUT2D eigenvalue weighted by atomic mass is 10.1. The van der Waals surface area contributed by atoms with Crippen molar-refractivity contribution in [3.05, 3.63) is 28.8 Å². The van der Waals surface area contributed by atoms with Crippen LogP contribution in [0.15, 0.2) is 18.2 Å². The van der Waals surface area contributed by atoms with E-state index in [1.807, 2.05) is 40.0 Å².